The molecular weight excluding hydrogens is 570 g/mol. The zero-order valence-corrected chi connectivity index (χ0v) is 26.2. The van der Waals surface area contributed by atoms with Crippen molar-refractivity contribution in [1.29, 1.82) is 0 Å². The SMILES string of the molecule is C[C@@H]1CN(C(=O)N2CCc3cc(-c4cnc5[nH]cc(Cl)c5c4)cc([C@@H]4COCC(C(=O)OC(C)(C)C)N4)c3C2)C[C@@H](C)O1. The highest BCUT2D eigenvalue weighted by Crippen LogP contribution is 2.36. The quantitative estimate of drug-likeness (QED) is 0.409. The third kappa shape index (κ3) is 6.38. The first kappa shape index (κ1) is 29.9. The minimum atomic E-state index is -0.606. The summed E-state index contributed by atoms with van der Waals surface area (Å²) < 4.78 is 17.5. The third-order valence-electron chi connectivity index (χ3n) is 8.19. The number of hydrogen-bond acceptors (Lipinski definition) is 7. The predicted molar refractivity (Wildman–Crippen MR) is 164 cm³/mol. The summed E-state index contributed by atoms with van der Waals surface area (Å²) >= 11 is 6.43. The number of carbonyl (C=O) groups is 2. The lowest BCUT2D eigenvalue weighted by Gasteiger charge is -2.40. The molecule has 2 aromatic heterocycles. The van der Waals surface area contributed by atoms with Crippen molar-refractivity contribution in [1.82, 2.24) is 25.1 Å². The molecule has 6 rings (SSSR count). The first-order valence-corrected chi connectivity index (χ1v) is 15.4. The van der Waals surface area contributed by atoms with Gasteiger partial charge in [-0.1, -0.05) is 17.7 Å². The summed E-state index contributed by atoms with van der Waals surface area (Å²) in [6, 6.07) is 5.52. The van der Waals surface area contributed by atoms with Crippen molar-refractivity contribution >= 4 is 34.6 Å². The summed E-state index contributed by atoms with van der Waals surface area (Å²) in [5.41, 5.74) is 5.31. The van der Waals surface area contributed by atoms with Crippen molar-refractivity contribution in [3.63, 3.8) is 0 Å². The largest absolute Gasteiger partial charge is 0.459 e. The van der Waals surface area contributed by atoms with Crippen LogP contribution in [0.4, 0.5) is 4.79 Å². The number of amides is 2. The number of fused-ring (bicyclic) bond motifs is 2. The number of pyridine rings is 1. The van der Waals surface area contributed by atoms with Gasteiger partial charge in [-0.25, -0.2) is 9.78 Å². The van der Waals surface area contributed by atoms with Crippen molar-refractivity contribution in [3.8, 4) is 11.1 Å². The number of hydrogen-bond donors (Lipinski definition) is 2. The Kier molecular flexibility index (Phi) is 8.14. The van der Waals surface area contributed by atoms with Gasteiger partial charge < -0.3 is 29.0 Å². The molecule has 0 spiro atoms. The van der Waals surface area contributed by atoms with Gasteiger partial charge in [-0.15, -0.1) is 0 Å². The average molecular weight is 610 g/mol. The zero-order valence-electron chi connectivity index (χ0n) is 25.4. The van der Waals surface area contributed by atoms with Gasteiger partial charge in [-0.05, 0) is 75.4 Å². The van der Waals surface area contributed by atoms with Crippen molar-refractivity contribution in [2.24, 2.45) is 0 Å². The van der Waals surface area contributed by atoms with Gasteiger partial charge in [0.15, 0.2) is 0 Å². The number of morpholine rings is 2. The number of rotatable bonds is 3. The van der Waals surface area contributed by atoms with Crippen LogP contribution < -0.4 is 5.32 Å². The van der Waals surface area contributed by atoms with E-state index in [9.17, 15) is 9.59 Å². The molecule has 11 heteroatoms. The molecule has 1 unspecified atom stereocenters. The number of ether oxygens (including phenoxy) is 3. The maximum Gasteiger partial charge on any atom is 0.326 e. The number of urea groups is 1. The predicted octanol–water partition coefficient (Wildman–Crippen LogP) is 4.84. The van der Waals surface area contributed by atoms with Gasteiger partial charge >= 0.3 is 12.0 Å². The van der Waals surface area contributed by atoms with Crippen LogP contribution in [0.5, 0.6) is 0 Å². The Morgan fingerprint density at radius 2 is 1.84 bits per heavy atom. The second-order valence-electron chi connectivity index (χ2n) is 12.9. The van der Waals surface area contributed by atoms with Crippen molar-refractivity contribution in [3.05, 3.63) is 52.3 Å². The molecule has 0 saturated carbocycles. The molecule has 43 heavy (non-hydrogen) atoms. The monoisotopic (exact) mass is 609 g/mol. The van der Waals surface area contributed by atoms with Crippen LogP contribution in [0, 0.1) is 0 Å². The highest BCUT2D eigenvalue weighted by Gasteiger charge is 2.36. The fourth-order valence-corrected chi connectivity index (χ4v) is 6.53. The van der Waals surface area contributed by atoms with E-state index in [1.165, 1.54) is 5.56 Å². The molecule has 2 N–H and O–H groups in total. The summed E-state index contributed by atoms with van der Waals surface area (Å²) in [7, 11) is 0. The van der Waals surface area contributed by atoms with Crippen LogP contribution in [0.1, 0.15) is 57.4 Å². The van der Waals surface area contributed by atoms with E-state index in [0.29, 0.717) is 44.2 Å². The highest BCUT2D eigenvalue weighted by molar-refractivity contribution is 6.35. The fourth-order valence-electron chi connectivity index (χ4n) is 6.33. The number of halogens is 1. The van der Waals surface area contributed by atoms with Gasteiger partial charge in [0.05, 0.1) is 36.5 Å². The number of H-pyrrole nitrogens is 1. The number of aromatic amines is 1. The second-order valence-corrected chi connectivity index (χ2v) is 13.3. The number of aromatic nitrogens is 2. The van der Waals surface area contributed by atoms with Crippen molar-refractivity contribution in [2.75, 3.05) is 32.8 Å². The van der Waals surface area contributed by atoms with E-state index >= 15 is 0 Å². The Labute approximate surface area is 257 Å². The standard InChI is InChI=1S/C32H40ClN5O5/c1-18-13-38(14-19(2)42-18)31(40)37-7-6-20-8-21(22-10-24-26(33)12-35-29(24)34-11-22)9-23(25(20)15-37)27-16-41-17-28(36-27)30(39)43-32(3,4)5/h8-12,18-19,27-28,36H,6-7,13-17H2,1-5H3,(H,34,35)/t18-,19-,27+,28?/m1/s1. The molecule has 2 fully saturated rings. The van der Waals surface area contributed by atoms with Gasteiger partial charge in [-0.3, -0.25) is 10.1 Å². The zero-order chi connectivity index (χ0) is 30.5. The van der Waals surface area contributed by atoms with Gasteiger partial charge in [-0.2, -0.15) is 0 Å². The van der Waals surface area contributed by atoms with Crippen LogP contribution in [-0.2, 0) is 32.0 Å². The van der Waals surface area contributed by atoms with Crippen molar-refractivity contribution < 1.29 is 23.8 Å². The molecule has 0 aliphatic carbocycles. The van der Waals surface area contributed by atoms with Crippen LogP contribution in [0.25, 0.3) is 22.2 Å². The van der Waals surface area contributed by atoms with E-state index in [1.807, 2.05) is 56.7 Å². The van der Waals surface area contributed by atoms with E-state index < -0.39 is 11.6 Å². The van der Waals surface area contributed by atoms with Crippen LogP contribution in [0.15, 0.2) is 30.6 Å². The van der Waals surface area contributed by atoms with E-state index in [2.05, 4.69) is 27.4 Å². The molecule has 5 heterocycles. The van der Waals surface area contributed by atoms with Gasteiger partial charge in [0.25, 0.3) is 0 Å². The number of esters is 1. The van der Waals surface area contributed by atoms with E-state index in [4.69, 9.17) is 25.8 Å². The highest BCUT2D eigenvalue weighted by atomic mass is 35.5. The molecule has 2 amide bonds. The molecule has 2 saturated heterocycles. The summed E-state index contributed by atoms with van der Waals surface area (Å²) in [6.07, 6.45) is 4.28. The van der Waals surface area contributed by atoms with Crippen molar-refractivity contribution in [2.45, 2.75) is 77.5 Å². The average Bonchev–Trinajstić information content (AvgIpc) is 3.34. The molecule has 3 aliphatic rings. The lowest BCUT2D eigenvalue weighted by Crippen LogP contribution is -2.54. The van der Waals surface area contributed by atoms with Gasteiger partial charge in [0, 0.05) is 49.5 Å². The van der Waals surface area contributed by atoms with E-state index in [-0.39, 0.29) is 36.9 Å². The van der Waals surface area contributed by atoms with Gasteiger partial charge in [0.2, 0.25) is 0 Å². The van der Waals surface area contributed by atoms with Crippen LogP contribution in [-0.4, -0.2) is 88.5 Å². The van der Waals surface area contributed by atoms with E-state index in [1.54, 1.807) is 6.20 Å². The first-order valence-electron chi connectivity index (χ1n) is 15.0. The molecule has 4 atom stereocenters. The Balaban J connectivity index is 1.35. The first-order chi connectivity index (χ1) is 20.4. The van der Waals surface area contributed by atoms with Gasteiger partial charge in [0.1, 0.15) is 17.3 Å². The fraction of sp³-hybridized carbons (Fsp3) is 0.531. The smallest absolute Gasteiger partial charge is 0.326 e. The van der Waals surface area contributed by atoms with Crippen LogP contribution >= 0.6 is 11.6 Å². The Morgan fingerprint density at radius 3 is 2.58 bits per heavy atom. The summed E-state index contributed by atoms with van der Waals surface area (Å²) in [6.45, 7) is 12.4. The minimum absolute atomic E-state index is 0.00394. The maximum absolute atomic E-state index is 13.7. The second kappa shape index (κ2) is 11.7. The number of benzene rings is 1. The number of nitrogens with zero attached hydrogens (tertiary/aromatic N) is 3. The lowest BCUT2D eigenvalue weighted by atomic mass is 9.87. The molecule has 0 bridgehead atoms. The molecular formula is C32H40ClN5O5. The van der Waals surface area contributed by atoms with E-state index in [0.717, 1.165) is 33.3 Å². The number of nitrogens with one attached hydrogen (secondary N) is 2. The molecule has 1 aromatic carbocycles. The Morgan fingerprint density at radius 1 is 1.07 bits per heavy atom. The molecule has 10 nitrogen and oxygen atoms in total. The third-order valence-corrected chi connectivity index (χ3v) is 8.50. The Hall–Kier alpha value is -3.18. The summed E-state index contributed by atoms with van der Waals surface area (Å²) in [5, 5.41) is 4.97. The lowest BCUT2D eigenvalue weighted by molar-refractivity contribution is -0.161. The molecule has 0 radical (unpaired) electrons. The maximum atomic E-state index is 13.7. The molecule has 3 aliphatic heterocycles. The number of carbonyl (C=O) groups excluding carboxylic acids is 2. The Bertz CT molecular complexity index is 1520. The minimum Gasteiger partial charge on any atom is -0.459 e. The normalized spacial score (nSPS) is 24.6. The topological polar surface area (TPSA) is 109 Å². The summed E-state index contributed by atoms with van der Waals surface area (Å²) in [4.78, 5) is 38.2. The molecule has 230 valence electrons. The summed E-state index contributed by atoms with van der Waals surface area (Å²) in [5.74, 6) is -0.341. The van der Waals surface area contributed by atoms with Crippen LogP contribution in [0.3, 0.4) is 0 Å². The molecule has 3 aromatic rings. The van der Waals surface area contributed by atoms with Crippen LogP contribution in [0.2, 0.25) is 5.02 Å².